The normalized spacial score (nSPS) is 17.5. The quantitative estimate of drug-likeness (QED) is 0.836. The lowest BCUT2D eigenvalue weighted by Gasteiger charge is -2.16. The minimum Gasteiger partial charge on any atom is -0.485 e. The average molecular weight is 313 g/mol. The number of benzene rings is 1. The molecule has 0 unspecified atom stereocenters. The number of ether oxygens (including phenoxy) is 2. The number of nitrogens with one attached hydrogen (secondary N) is 1. The second-order valence-corrected chi connectivity index (χ2v) is 4.12. The molecule has 3 N–H and O–H groups in total. The molecule has 0 aromatic heterocycles. The van der Waals surface area contributed by atoms with Crippen LogP contribution in [0.15, 0.2) is 12.1 Å². The molecule has 1 atom stereocenters. The van der Waals surface area contributed by atoms with Crippen molar-refractivity contribution in [2.75, 3.05) is 26.0 Å². The summed E-state index contributed by atoms with van der Waals surface area (Å²) in [6, 6.07) is 3.01. The van der Waals surface area contributed by atoms with Gasteiger partial charge >= 0.3 is 0 Å². The number of nitrogen functional groups attached to an aromatic ring is 1. The summed E-state index contributed by atoms with van der Waals surface area (Å²) in [6.07, 6.45) is 0.728. The second kappa shape index (κ2) is 8.43. The molecule has 0 radical (unpaired) electrons. The number of nitrogens with two attached hydrogens (primary N) is 1. The number of rotatable bonds is 4. The first-order valence-corrected chi connectivity index (χ1v) is 5.67. The third-order valence-corrected chi connectivity index (χ3v) is 2.68. The zero-order chi connectivity index (χ0) is 12.3. The summed E-state index contributed by atoms with van der Waals surface area (Å²) >= 11 is 0. The highest BCUT2D eigenvalue weighted by atomic mass is 35.5. The van der Waals surface area contributed by atoms with Crippen molar-refractivity contribution in [2.45, 2.75) is 19.1 Å². The Bertz CT molecular complexity index is 402. The van der Waals surface area contributed by atoms with Crippen molar-refractivity contribution in [3.8, 4) is 5.75 Å². The molecule has 0 bridgehead atoms. The van der Waals surface area contributed by atoms with Gasteiger partial charge in [-0.15, -0.1) is 24.8 Å². The van der Waals surface area contributed by atoms with Crippen LogP contribution in [-0.2, 0) is 11.3 Å². The van der Waals surface area contributed by atoms with Crippen LogP contribution in [0.4, 0.5) is 10.1 Å². The van der Waals surface area contributed by atoms with E-state index in [0.717, 1.165) is 12.0 Å². The van der Waals surface area contributed by atoms with Crippen LogP contribution in [-0.4, -0.2) is 26.4 Å². The lowest BCUT2D eigenvalue weighted by atomic mass is 10.1. The van der Waals surface area contributed by atoms with Gasteiger partial charge in [-0.1, -0.05) is 0 Å². The Hall–Kier alpha value is -0.750. The fraction of sp³-hybridized carbons (Fsp3) is 0.500. The monoisotopic (exact) mass is 312 g/mol. The van der Waals surface area contributed by atoms with E-state index < -0.39 is 5.82 Å². The van der Waals surface area contributed by atoms with Gasteiger partial charge in [-0.3, -0.25) is 0 Å². The summed E-state index contributed by atoms with van der Waals surface area (Å²) in [5.74, 6) is -0.133. The highest BCUT2D eigenvalue weighted by Gasteiger charge is 2.21. The van der Waals surface area contributed by atoms with Gasteiger partial charge in [0.05, 0.1) is 13.2 Å². The Labute approximate surface area is 124 Å². The molecular weight excluding hydrogens is 294 g/mol. The third-order valence-electron chi connectivity index (χ3n) is 2.68. The van der Waals surface area contributed by atoms with E-state index in [1.807, 2.05) is 0 Å². The second-order valence-electron chi connectivity index (χ2n) is 4.12. The molecule has 1 aliphatic heterocycles. The maximum atomic E-state index is 13.8. The number of hydrogen-bond acceptors (Lipinski definition) is 4. The molecule has 110 valence electrons. The molecule has 19 heavy (non-hydrogen) atoms. The lowest BCUT2D eigenvalue weighted by Crippen LogP contribution is -2.19. The molecule has 1 aromatic rings. The van der Waals surface area contributed by atoms with Crippen LogP contribution in [0.25, 0.3) is 0 Å². The molecule has 7 heteroatoms. The van der Waals surface area contributed by atoms with E-state index in [4.69, 9.17) is 15.2 Å². The van der Waals surface area contributed by atoms with E-state index in [1.165, 1.54) is 6.07 Å². The summed E-state index contributed by atoms with van der Waals surface area (Å²) in [4.78, 5) is 0. The molecule has 0 amide bonds. The molecule has 0 spiro atoms. The van der Waals surface area contributed by atoms with Crippen molar-refractivity contribution in [1.82, 2.24) is 5.32 Å². The first-order valence-electron chi connectivity index (χ1n) is 5.67. The maximum Gasteiger partial charge on any atom is 0.167 e. The van der Waals surface area contributed by atoms with Crippen molar-refractivity contribution in [3.63, 3.8) is 0 Å². The summed E-state index contributed by atoms with van der Waals surface area (Å²) in [7, 11) is 1.80. The topological polar surface area (TPSA) is 56.5 Å². The average Bonchev–Trinajstić information content (AvgIpc) is 2.76. The summed E-state index contributed by atoms with van der Waals surface area (Å²) in [5.41, 5.74) is 6.76. The van der Waals surface area contributed by atoms with Gasteiger partial charge in [0.15, 0.2) is 11.6 Å². The zero-order valence-corrected chi connectivity index (χ0v) is 12.3. The van der Waals surface area contributed by atoms with E-state index in [9.17, 15) is 4.39 Å². The molecule has 1 aromatic carbocycles. The first-order chi connectivity index (χ1) is 8.20. The highest BCUT2D eigenvalue weighted by Crippen LogP contribution is 2.28. The maximum absolute atomic E-state index is 13.8. The van der Waals surface area contributed by atoms with Crippen LogP contribution in [0.5, 0.6) is 5.75 Å². The van der Waals surface area contributed by atoms with Crippen molar-refractivity contribution < 1.29 is 13.9 Å². The fourth-order valence-electron chi connectivity index (χ4n) is 1.90. The highest BCUT2D eigenvalue weighted by molar-refractivity contribution is 5.85. The molecule has 1 fully saturated rings. The van der Waals surface area contributed by atoms with Crippen molar-refractivity contribution in [2.24, 2.45) is 0 Å². The smallest absolute Gasteiger partial charge is 0.167 e. The van der Waals surface area contributed by atoms with E-state index in [-0.39, 0.29) is 36.7 Å². The standard InChI is InChI=1S/C12H17FN2O2.2ClH/c1-15-6-8-4-9(14)5-11(13)12(8)17-10-2-3-16-7-10;;/h4-5,10,15H,2-3,6-7,14H2,1H3;2*1H/t10-;;/m1../s1. The Morgan fingerprint density at radius 2 is 2.21 bits per heavy atom. The van der Waals surface area contributed by atoms with Crippen molar-refractivity contribution >= 4 is 30.5 Å². The van der Waals surface area contributed by atoms with Gasteiger partial charge in [0, 0.05) is 30.3 Å². The van der Waals surface area contributed by atoms with Gasteiger partial charge < -0.3 is 20.5 Å². The molecular formula is C12H19Cl2FN2O2. The van der Waals surface area contributed by atoms with Gasteiger partial charge in [-0.05, 0) is 13.1 Å². The molecule has 0 saturated carbocycles. The summed E-state index contributed by atoms with van der Waals surface area (Å²) in [5, 5.41) is 2.97. The minimum atomic E-state index is -0.415. The van der Waals surface area contributed by atoms with Crippen LogP contribution in [0, 0.1) is 5.82 Å². The van der Waals surface area contributed by atoms with Crippen molar-refractivity contribution in [1.29, 1.82) is 0 Å². The van der Waals surface area contributed by atoms with Crippen LogP contribution >= 0.6 is 24.8 Å². The predicted octanol–water partition coefficient (Wildman–Crippen LogP) is 2.14. The van der Waals surface area contributed by atoms with Gasteiger partial charge in [0.25, 0.3) is 0 Å². The Morgan fingerprint density at radius 1 is 1.47 bits per heavy atom. The van der Waals surface area contributed by atoms with E-state index in [2.05, 4.69) is 5.32 Å². The van der Waals surface area contributed by atoms with Gasteiger partial charge in [-0.2, -0.15) is 0 Å². The molecule has 1 saturated heterocycles. The first kappa shape index (κ1) is 18.2. The van der Waals surface area contributed by atoms with Crippen LogP contribution < -0.4 is 15.8 Å². The van der Waals surface area contributed by atoms with Gasteiger partial charge in [0.1, 0.15) is 6.10 Å². The van der Waals surface area contributed by atoms with Crippen LogP contribution in [0.1, 0.15) is 12.0 Å². The van der Waals surface area contributed by atoms with E-state index >= 15 is 0 Å². The van der Waals surface area contributed by atoms with Crippen molar-refractivity contribution in [3.05, 3.63) is 23.5 Å². The SMILES string of the molecule is CNCc1cc(N)cc(F)c1O[C@@H]1CCOC1.Cl.Cl. The minimum absolute atomic E-state index is 0. The van der Waals surface area contributed by atoms with Crippen LogP contribution in [0.3, 0.4) is 0 Å². The molecule has 2 rings (SSSR count). The van der Waals surface area contributed by atoms with Gasteiger partial charge in [0.2, 0.25) is 0 Å². The molecule has 1 aliphatic rings. The molecule has 0 aliphatic carbocycles. The Morgan fingerprint density at radius 3 is 2.79 bits per heavy atom. The van der Waals surface area contributed by atoms with E-state index in [0.29, 0.717) is 25.4 Å². The fourth-order valence-corrected chi connectivity index (χ4v) is 1.90. The molecule has 4 nitrogen and oxygen atoms in total. The Kier molecular flexibility index (Phi) is 8.09. The predicted molar refractivity (Wildman–Crippen MR) is 77.9 cm³/mol. The number of hydrogen-bond donors (Lipinski definition) is 2. The largest absolute Gasteiger partial charge is 0.485 e. The lowest BCUT2D eigenvalue weighted by molar-refractivity contribution is 0.137. The number of halogens is 3. The molecule has 1 heterocycles. The number of anilines is 1. The summed E-state index contributed by atoms with van der Waals surface area (Å²) in [6.45, 7) is 1.70. The van der Waals surface area contributed by atoms with Crippen LogP contribution in [0.2, 0.25) is 0 Å². The Balaban J connectivity index is 0.00000162. The van der Waals surface area contributed by atoms with E-state index in [1.54, 1.807) is 13.1 Å². The zero-order valence-electron chi connectivity index (χ0n) is 10.6. The van der Waals surface area contributed by atoms with Gasteiger partial charge in [-0.25, -0.2) is 4.39 Å². The summed E-state index contributed by atoms with van der Waals surface area (Å²) < 4.78 is 24.7. The third kappa shape index (κ3) is 4.69.